The number of nitrogens with zero attached hydrogens (tertiary/aromatic N) is 1. The van der Waals surface area contributed by atoms with E-state index in [1.54, 1.807) is 13.8 Å². The molecule has 0 saturated carbocycles. The minimum absolute atomic E-state index is 0.0707. The van der Waals surface area contributed by atoms with Crippen LogP contribution in [0.2, 0.25) is 0 Å². The van der Waals surface area contributed by atoms with Crippen LogP contribution in [-0.2, 0) is 10.2 Å². The van der Waals surface area contributed by atoms with Crippen molar-refractivity contribution in [1.82, 2.24) is 9.03 Å². The number of hydrogen-bond donors (Lipinski definition) is 2. The maximum absolute atomic E-state index is 11.6. The highest BCUT2D eigenvalue weighted by Gasteiger charge is 2.19. The van der Waals surface area contributed by atoms with E-state index in [-0.39, 0.29) is 12.6 Å². The molecule has 1 atom stereocenters. The van der Waals surface area contributed by atoms with E-state index in [1.165, 1.54) is 11.4 Å². The zero-order valence-corrected chi connectivity index (χ0v) is 10.7. The largest absolute Gasteiger partial charge is 0.393 e. The lowest BCUT2D eigenvalue weighted by Crippen LogP contribution is -2.42. The lowest BCUT2D eigenvalue weighted by atomic mass is 10.2. The summed E-state index contributed by atoms with van der Waals surface area (Å²) in [7, 11) is -1.86. The van der Waals surface area contributed by atoms with Crippen molar-refractivity contribution >= 4 is 10.2 Å². The molecule has 0 heterocycles. The Morgan fingerprint density at radius 3 is 2.33 bits per heavy atom. The van der Waals surface area contributed by atoms with Gasteiger partial charge >= 0.3 is 0 Å². The normalized spacial score (nSPS) is 14.9. The van der Waals surface area contributed by atoms with Gasteiger partial charge in [0.25, 0.3) is 10.2 Å². The molecule has 0 aliphatic rings. The van der Waals surface area contributed by atoms with Crippen molar-refractivity contribution in [3.05, 3.63) is 0 Å². The first-order chi connectivity index (χ1) is 6.81. The third-order valence-electron chi connectivity index (χ3n) is 2.34. The third-order valence-corrected chi connectivity index (χ3v) is 4.09. The molecule has 6 heteroatoms. The molecule has 5 nitrogen and oxygen atoms in total. The van der Waals surface area contributed by atoms with Gasteiger partial charge in [-0.15, -0.1) is 0 Å². The predicted octanol–water partition coefficient (Wildman–Crippen LogP) is 0.322. The second kappa shape index (κ2) is 6.42. The van der Waals surface area contributed by atoms with E-state index in [4.69, 9.17) is 0 Å². The van der Waals surface area contributed by atoms with Crippen LogP contribution in [0.15, 0.2) is 0 Å². The Morgan fingerprint density at radius 2 is 1.93 bits per heavy atom. The molecule has 92 valence electrons. The Kier molecular flexibility index (Phi) is 6.35. The highest BCUT2D eigenvalue weighted by atomic mass is 32.2. The zero-order valence-electron chi connectivity index (χ0n) is 9.90. The van der Waals surface area contributed by atoms with Crippen LogP contribution in [0.25, 0.3) is 0 Å². The van der Waals surface area contributed by atoms with Crippen molar-refractivity contribution in [3.63, 3.8) is 0 Å². The molecule has 0 aromatic heterocycles. The van der Waals surface area contributed by atoms with Crippen LogP contribution in [0.3, 0.4) is 0 Å². The average Bonchev–Trinajstić information content (AvgIpc) is 2.15. The van der Waals surface area contributed by atoms with Gasteiger partial charge in [-0.05, 0) is 26.7 Å². The van der Waals surface area contributed by atoms with Gasteiger partial charge in [0.1, 0.15) is 0 Å². The molecule has 2 N–H and O–H groups in total. The van der Waals surface area contributed by atoms with Crippen LogP contribution < -0.4 is 4.72 Å². The monoisotopic (exact) mass is 238 g/mol. The Bertz CT molecular complexity index is 265. The van der Waals surface area contributed by atoms with Crippen LogP contribution in [0.1, 0.15) is 33.6 Å². The van der Waals surface area contributed by atoms with Crippen molar-refractivity contribution in [2.24, 2.45) is 0 Å². The number of aliphatic hydroxyl groups excluding tert-OH is 1. The molecule has 0 amide bonds. The quantitative estimate of drug-likeness (QED) is 0.671. The molecule has 0 saturated heterocycles. The fourth-order valence-corrected chi connectivity index (χ4v) is 2.07. The first-order valence-electron chi connectivity index (χ1n) is 5.22. The van der Waals surface area contributed by atoms with Gasteiger partial charge in [0.15, 0.2) is 0 Å². The molecule has 0 aromatic rings. The van der Waals surface area contributed by atoms with Crippen molar-refractivity contribution < 1.29 is 13.5 Å². The molecule has 0 spiro atoms. The van der Waals surface area contributed by atoms with Crippen molar-refractivity contribution in [3.8, 4) is 0 Å². The number of aliphatic hydroxyl groups is 1. The summed E-state index contributed by atoms with van der Waals surface area (Å²) in [6, 6.07) is -0.0707. The number of nitrogens with one attached hydrogen (secondary N) is 1. The summed E-state index contributed by atoms with van der Waals surface area (Å²) in [6.07, 6.45) is 0.653. The van der Waals surface area contributed by atoms with Gasteiger partial charge in [0.2, 0.25) is 0 Å². The molecule has 0 bridgehead atoms. The van der Waals surface area contributed by atoms with Gasteiger partial charge in [-0.25, -0.2) is 4.72 Å². The van der Waals surface area contributed by atoms with Crippen LogP contribution >= 0.6 is 0 Å². The van der Waals surface area contributed by atoms with Crippen molar-refractivity contribution in [1.29, 1.82) is 0 Å². The maximum atomic E-state index is 11.6. The lowest BCUT2D eigenvalue weighted by Gasteiger charge is -2.21. The van der Waals surface area contributed by atoms with Gasteiger partial charge in [-0.2, -0.15) is 12.7 Å². The third kappa shape index (κ3) is 5.46. The smallest absolute Gasteiger partial charge is 0.279 e. The van der Waals surface area contributed by atoms with Gasteiger partial charge in [0, 0.05) is 19.6 Å². The fourth-order valence-electron chi connectivity index (χ4n) is 0.938. The minimum atomic E-state index is -3.39. The molecule has 0 aliphatic carbocycles. The predicted molar refractivity (Wildman–Crippen MR) is 60.7 cm³/mol. The van der Waals surface area contributed by atoms with Gasteiger partial charge in [-0.1, -0.05) is 6.92 Å². The van der Waals surface area contributed by atoms with E-state index in [1.807, 2.05) is 6.92 Å². The molecule has 0 aliphatic heterocycles. The first kappa shape index (κ1) is 14.8. The van der Waals surface area contributed by atoms with Crippen molar-refractivity contribution in [2.75, 3.05) is 13.6 Å². The van der Waals surface area contributed by atoms with Crippen LogP contribution in [-0.4, -0.2) is 43.6 Å². The van der Waals surface area contributed by atoms with E-state index in [9.17, 15) is 13.5 Å². The van der Waals surface area contributed by atoms with E-state index in [0.717, 1.165) is 0 Å². The summed E-state index contributed by atoms with van der Waals surface area (Å²) in [4.78, 5) is 0. The second-order valence-corrected chi connectivity index (χ2v) is 5.67. The first-order valence-corrected chi connectivity index (χ1v) is 6.66. The van der Waals surface area contributed by atoms with E-state index in [0.29, 0.717) is 12.8 Å². The Morgan fingerprint density at radius 1 is 1.40 bits per heavy atom. The fraction of sp³-hybridized carbons (Fsp3) is 1.00. The lowest BCUT2D eigenvalue weighted by molar-refractivity contribution is 0.161. The molecule has 1 unspecified atom stereocenters. The molecule has 15 heavy (non-hydrogen) atoms. The van der Waals surface area contributed by atoms with Crippen LogP contribution in [0.4, 0.5) is 0 Å². The number of rotatable bonds is 7. The summed E-state index contributed by atoms with van der Waals surface area (Å²) in [6.45, 7) is 5.74. The van der Waals surface area contributed by atoms with E-state index >= 15 is 0 Å². The Labute approximate surface area is 92.7 Å². The van der Waals surface area contributed by atoms with E-state index < -0.39 is 16.3 Å². The summed E-state index contributed by atoms with van der Waals surface area (Å²) in [5.74, 6) is 0. The maximum Gasteiger partial charge on any atom is 0.279 e. The average molecular weight is 238 g/mol. The highest BCUT2D eigenvalue weighted by Crippen LogP contribution is 2.01. The SMILES string of the molecule is CCC(O)CCNS(=O)(=O)N(C)C(C)C. The summed E-state index contributed by atoms with van der Waals surface area (Å²) in [5, 5.41) is 9.25. The summed E-state index contributed by atoms with van der Waals surface area (Å²) < 4.78 is 26.9. The summed E-state index contributed by atoms with van der Waals surface area (Å²) in [5.41, 5.74) is 0. The molecule has 0 fully saturated rings. The zero-order chi connectivity index (χ0) is 12.1. The van der Waals surface area contributed by atoms with Crippen molar-refractivity contribution in [2.45, 2.75) is 45.8 Å². The van der Waals surface area contributed by atoms with Crippen LogP contribution in [0, 0.1) is 0 Å². The standard InChI is InChI=1S/C9H22N2O3S/c1-5-9(12)6-7-10-15(13,14)11(4)8(2)3/h8-10,12H,5-7H2,1-4H3. The van der Waals surface area contributed by atoms with E-state index in [2.05, 4.69) is 4.72 Å². The molecule has 0 aromatic carbocycles. The van der Waals surface area contributed by atoms with Gasteiger partial charge in [0.05, 0.1) is 6.10 Å². The molecule has 0 rings (SSSR count). The topological polar surface area (TPSA) is 69.6 Å². The molecular weight excluding hydrogens is 216 g/mol. The van der Waals surface area contributed by atoms with Gasteiger partial charge < -0.3 is 5.11 Å². The molecule has 0 radical (unpaired) electrons. The Hall–Kier alpha value is -0.170. The van der Waals surface area contributed by atoms with Gasteiger partial charge in [-0.3, -0.25) is 0 Å². The molecular formula is C9H22N2O3S. The minimum Gasteiger partial charge on any atom is -0.393 e. The second-order valence-electron chi connectivity index (χ2n) is 3.86. The Balaban J connectivity index is 4.06. The highest BCUT2D eigenvalue weighted by molar-refractivity contribution is 7.87. The summed E-state index contributed by atoms with van der Waals surface area (Å²) >= 11 is 0. The van der Waals surface area contributed by atoms with Crippen LogP contribution in [0.5, 0.6) is 0 Å². The number of hydrogen-bond acceptors (Lipinski definition) is 3.